The lowest BCUT2D eigenvalue weighted by atomic mass is 10.1. The van der Waals surface area contributed by atoms with Crippen molar-refractivity contribution in [2.45, 2.75) is 43.9 Å². The standard InChI is InChI=1S/C23H22ClN3O5/c1-23(2,29)8-7-12-3-5-13(6-4-12)18-14(24)9-15-21(26-18)27-22(25-15)32-17-11-31-19-16(28)10-30-20(17)19/h3-6,9,16-17,19-20,28-29H,10-11H2,1-2H3,(H,25,26,27)/t16-,17-,19-,20-/m1/s1. The number of aromatic nitrogens is 3. The summed E-state index contributed by atoms with van der Waals surface area (Å²) in [5.74, 6) is 5.73. The minimum absolute atomic E-state index is 0.234. The van der Waals surface area contributed by atoms with Crippen molar-refractivity contribution in [3.05, 3.63) is 40.9 Å². The predicted molar refractivity (Wildman–Crippen MR) is 117 cm³/mol. The summed E-state index contributed by atoms with van der Waals surface area (Å²) in [5.41, 5.74) is 2.24. The van der Waals surface area contributed by atoms with E-state index in [4.69, 9.17) is 25.8 Å². The Labute approximate surface area is 189 Å². The molecule has 0 unspecified atom stereocenters. The second-order valence-corrected chi connectivity index (χ2v) is 8.85. The highest BCUT2D eigenvalue weighted by atomic mass is 35.5. The molecule has 5 rings (SSSR count). The Morgan fingerprint density at radius 2 is 1.91 bits per heavy atom. The van der Waals surface area contributed by atoms with Gasteiger partial charge in [0.1, 0.15) is 23.9 Å². The third kappa shape index (κ3) is 4.18. The molecule has 0 bridgehead atoms. The molecule has 0 saturated carbocycles. The summed E-state index contributed by atoms with van der Waals surface area (Å²) >= 11 is 6.49. The van der Waals surface area contributed by atoms with Crippen LogP contribution in [0.25, 0.3) is 22.4 Å². The predicted octanol–water partition coefficient (Wildman–Crippen LogP) is 2.31. The van der Waals surface area contributed by atoms with E-state index >= 15 is 0 Å². The number of aliphatic hydroxyl groups excluding tert-OH is 1. The van der Waals surface area contributed by atoms with Crippen molar-refractivity contribution in [2.24, 2.45) is 0 Å². The summed E-state index contributed by atoms with van der Waals surface area (Å²) in [4.78, 5) is 12.1. The minimum atomic E-state index is -1.05. The fraction of sp³-hybridized carbons (Fsp3) is 0.391. The van der Waals surface area contributed by atoms with Gasteiger partial charge in [0.2, 0.25) is 0 Å². The molecule has 32 heavy (non-hydrogen) atoms. The van der Waals surface area contributed by atoms with Crippen LogP contribution in [0.15, 0.2) is 30.3 Å². The number of halogens is 1. The van der Waals surface area contributed by atoms with E-state index in [2.05, 4.69) is 26.8 Å². The third-order valence-corrected chi connectivity index (χ3v) is 5.61. The molecule has 0 radical (unpaired) electrons. The third-order valence-electron chi connectivity index (χ3n) is 5.32. The molecular weight excluding hydrogens is 434 g/mol. The van der Waals surface area contributed by atoms with Crippen molar-refractivity contribution in [1.29, 1.82) is 0 Å². The zero-order valence-corrected chi connectivity index (χ0v) is 18.3. The van der Waals surface area contributed by atoms with Gasteiger partial charge in [0, 0.05) is 11.1 Å². The van der Waals surface area contributed by atoms with Gasteiger partial charge in [0.15, 0.2) is 11.8 Å². The number of aromatic amines is 1. The smallest absolute Gasteiger partial charge is 0.296 e. The highest BCUT2D eigenvalue weighted by Gasteiger charge is 2.48. The summed E-state index contributed by atoms with van der Waals surface area (Å²) in [7, 11) is 0. The van der Waals surface area contributed by atoms with Crippen LogP contribution in [-0.2, 0) is 9.47 Å². The van der Waals surface area contributed by atoms with Crippen LogP contribution in [0.2, 0.25) is 5.02 Å². The number of hydrogen-bond acceptors (Lipinski definition) is 7. The Morgan fingerprint density at radius 3 is 2.66 bits per heavy atom. The van der Waals surface area contributed by atoms with Gasteiger partial charge in [-0.15, -0.1) is 0 Å². The average Bonchev–Trinajstić information content (AvgIpc) is 3.43. The number of nitrogens with zero attached hydrogens (tertiary/aromatic N) is 2. The van der Waals surface area contributed by atoms with E-state index in [0.29, 0.717) is 28.5 Å². The number of ether oxygens (including phenoxy) is 3. The van der Waals surface area contributed by atoms with E-state index < -0.39 is 11.7 Å². The van der Waals surface area contributed by atoms with Crippen LogP contribution in [0, 0.1) is 11.8 Å². The number of hydrogen-bond donors (Lipinski definition) is 3. The van der Waals surface area contributed by atoms with Crippen LogP contribution in [0.5, 0.6) is 6.01 Å². The number of pyridine rings is 1. The molecule has 2 aromatic heterocycles. The largest absolute Gasteiger partial charge is 0.456 e. The van der Waals surface area contributed by atoms with Crippen molar-refractivity contribution in [3.63, 3.8) is 0 Å². The topological polar surface area (TPSA) is 110 Å². The zero-order chi connectivity index (χ0) is 22.5. The van der Waals surface area contributed by atoms with E-state index in [-0.39, 0.29) is 30.9 Å². The van der Waals surface area contributed by atoms with Crippen LogP contribution in [0.1, 0.15) is 19.4 Å². The van der Waals surface area contributed by atoms with Crippen LogP contribution >= 0.6 is 11.6 Å². The molecule has 1 aromatic carbocycles. The van der Waals surface area contributed by atoms with Crippen LogP contribution < -0.4 is 4.74 Å². The van der Waals surface area contributed by atoms with E-state index in [1.807, 2.05) is 24.3 Å². The summed E-state index contributed by atoms with van der Waals surface area (Å²) < 4.78 is 17.1. The van der Waals surface area contributed by atoms with Crippen molar-refractivity contribution < 1.29 is 24.4 Å². The minimum Gasteiger partial charge on any atom is -0.456 e. The fourth-order valence-corrected chi connectivity index (χ4v) is 4.04. The van der Waals surface area contributed by atoms with Gasteiger partial charge in [-0.1, -0.05) is 35.6 Å². The first-order valence-electron chi connectivity index (χ1n) is 10.3. The highest BCUT2D eigenvalue weighted by Crippen LogP contribution is 2.32. The summed E-state index contributed by atoms with van der Waals surface area (Å²) in [6.07, 6.45) is -1.71. The van der Waals surface area contributed by atoms with Gasteiger partial charge >= 0.3 is 0 Å². The molecule has 2 fully saturated rings. The number of aliphatic hydroxyl groups is 2. The fourth-order valence-electron chi connectivity index (χ4n) is 3.78. The summed E-state index contributed by atoms with van der Waals surface area (Å²) in [6.45, 7) is 3.82. The van der Waals surface area contributed by atoms with Crippen molar-refractivity contribution >= 4 is 22.8 Å². The molecule has 9 heteroatoms. The zero-order valence-electron chi connectivity index (χ0n) is 17.5. The van der Waals surface area contributed by atoms with Gasteiger partial charge in [0.25, 0.3) is 6.01 Å². The Morgan fingerprint density at radius 1 is 1.16 bits per heavy atom. The number of nitrogens with one attached hydrogen (secondary N) is 1. The number of benzene rings is 1. The van der Waals surface area contributed by atoms with E-state index in [1.54, 1.807) is 19.9 Å². The maximum atomic E-state index is 9.88. The molecule has 3 aromatic rings. The molecular formula is C23H22ClN3O5. The van der Waals surface area contributed by atoms with Crippen molar-refractivity contribution in [2.75, 3.05) is 13.2 Å². The van der Waals surface area contributed by atoms with Gasteiger partial charge < -0.3 is 29.4 Å². The Bertz CT molecular complexity index is 1210. The molecule has 4 heterocycles. The quantitative estimate of drug-likeness (QED) is 0.520. The van der Waals surface area contributed by atoms with Crippen LogP contribution in [-0.4, -0.2) is 68.4 Å². The maximum Gasteiger partial charge on any atom is 0.296 e. The van der Waals surface area contributed by atoms with Crippen molar-refractivity contribution in [1.82, 2.24) is 15.0 Å². The highest BCUT2D eigenvalue weighted by molar-refractivity contribution is 6.33. The molecule has 2 aliphatic heterocycles. The van der Waals surface area contributed by atoms with E-state index in [1.165, 1.54) is 0 Å². The van der Waals surface area contributed by atoms with Gasteiger partial charge in [-0.2, -0.15) is 4.98 Å². The molecule has 4 atom stereocenters. The van der Waals surface area contributed by atoms with E-state index in [0.717, 1.165) is 11.1 Å². The number of fused-ring (bicyclic) bond motifs is 2. The first kappa shape index (κ1) is 21.2. The first-order chi connectivity index (χ1) is 15.3. The lowest BCUT2D eigenvalue weighted by Gasteiger charge is -2.15. The molecule has 2 aliphatic rings. The van der Waals surface area contributed by atoms with Crippen LogP contribution in [0.3, 0.4) is 0 Å². The SMILES string of the molecule is CC(C)(O)C#Cc1ccc(-c2nc3nc(O[C@@H]4CO[C@H]5[C@@H]4OC[C@H]5O)[nH]c3cc2Cl)cc1. The van der Waals surface area contributed by atoms with Gasteiger partial charge in [0.05, 0.1) is 29.4 Å². The lowest BCUT2D eigenvalue weighted by molar-refractivity contribution is 0.00706. The van der Waals surface area contributed by atoms with Gasteiger partial charge in [-0.25, -0.2) is 4.98 Å². The van der Waals surface area contributed by atoms with Crippen molar-refractivity contribution in [3.8, 4) is 29.1 Å². The monoisotopic (exact) mass is 455 g/mol. The first-order valence-corrected chi connectivity index (χ1v) is 10.6. The van der Waals surface area contributed by atoms with Gasteiger partial charge in [-0.05, 0) is 32.0 Å². The molecule has 2 saturated heterocycles. The second-order valence-electron chi connectivity index (χ2n) is 8.44. The average molecular weight is 456 g/mol. The summed E-state index contributed by atoms with van der Waals surface area (Å²) in [5, 5.41) is 20.1. The molecule has 0 amide bonds. The second kappa shape index (κ2) is 8.03. The molecule has 3 N–H and O–H groups in total. The Balaban J connectivity index is 1.37. The maximum absolute atomic E-state index is 9.88. The normalized spacial score (nSPS) is 24.9. The molecule has 0 aliphatic carbocycles. The van der Waals surface area contributed by atoms with Crippen LogP contribution in [0.4, 0.5) is 0 Å². The Kier molecular flexibility index (Phi) is 5.32. The summed E-state index contributed by atoms with van der Waals surface area (Å²) in [6, 6.07) is 9.49. The Hall–Kier alpha value is -2.67. The number of H-pyrrole nitrogens is 1. The number of imidazole rings is 1. The molecule has 8 nitrogen and oxygen atoms in total. The molecule has 166 valence electrons. The lowest BCUT2D eigenvalue weighted by Crippen LogP contribution is -2.34. The van der Waals surface area contributed by atoms with Gasteiger partial charge in [-0.3, -0.25) is 0 Å². The number of rotatable bonds is 3. The molecule has 0 spiro atoms. The van der Waals surface area contributed by atoms with E-state index in [9.17, 15) is 10.2 Å².